The average Bonchev–Trinajstić information content (AvgIpc) is 2.97. The molecule has 3 rings (SSSR count). The molecule has 1 aliphatic rings. The van der Waals surface area contributed by atoms with Crippen molar-refractivity contribution in [1.29, 1.82) is 0 Å². The molecule has 0 N–H and O–H groups in total. The van der Waals surface area contributed by atoms with Crippen LogP contribution in [0.3, 0.4) is 0 Å². The Hall–Kier alpha value is -1.85. The van der Waals surface area contributed by atoms with Gasteiger partial charge >= 0.3 is 5.97 Å². The third kappa shape index (κ3) is 2.69. The zero-order valence-corrected chi connectivity index (χ0v) is 12.3. The number of halogens is 2. The van der Waals surface area contributed by atoms with Crippen molar-refractivity contribution in [2.75, 3.05) is 0 Å². The summed E-state index contributed by atoms with van der Waals surface area (Å²) in [6, 6.07) is 10.4. The number of hydrogen-bond donors (Lipinski definition) is 0. The van der Waals surface area contributed by atoms with Crippen LogP contribution < -0.4 is 0 Å². The molecule has 0 atom stereocenters. The first-order chi connectivity index (χ1) is 9.61. The molecule has 100 valence electrons. The van der Waals surface area contributed by atoms with Crippen LogP contribution in [-0.2, 0) is 9.53 Å². The Morgan fingerprint density at radius 3 is 2.80 bits per heavy atom. The first kappa shape index (κ1) is 13.1. The molecule has 4 nitrogen and oxygen atoms in total. The number of benzene rings is 1. The molecule has 0 fully saturated rings. The molecule has 0 saturated carbocycles. The van der Waals surface area contributed by atoms with Gasteiger partial charge in [-0.15, -0.1) is 0 Å². The maximum atomic E-state index is 11.8. The summed E-state index contributed by atoms with van der Waals surface area (Å²) < 4.78 is 11.0. The lowest BCUT2D eigenvalue weighted by Gasteiger charge is -1.98. The summed E-state index contributed by atoms with van der Waals surface area (Å²) in [7, 11) is 0. The first-order valence-electron chi connectivity index (χ1n) is 5.66. The largest absolute Gasteiger partial charge is 0.450 e. The van der Waals surface area contributed by atoms with Gasteiger partial charge in [-0.2, -0.15) is 0 Å². The van der Waals surface area contributed by atoms with Gasteiger partial charge in [-0.1, -0.05) is 17.7 Å². The van der Waals surface area contributed by atoms with E-state index >= 15 is 0 Å². The van der Waals surface area contributed by atoms with Gasteiger partial charge in [0.25, 0.3) is 0 Å². The summed E-state index contributed by atoms with van der Waals surface area (Å²) in [5.74, 6) is 0.224. The van der Waals surface area contributed by atoms with E-state index in [0.29, 0.717) is 21.0 Å². The molecule has 6 heteroatoms. The summed E-state index contributed by atoms with van der Waals surface area (Å²) in [6.45, 7) is 0. The number of furan rings is 1. The maximum absolute atomic E-state index is 11.8. The van der Waals surface area contributed by atoms with E-state index in [2.05, 4.69) is 20.9 Å². The number of hydrogen-bond acceptors (Lipinski definition) is 4. The number of ether oxygens (including phenoxy) is 1. The standard InChI is InChI=1S/C14H7BrClNO3/c15-12-5-4-10(19-12)7-11-14(18)20-13(17-11)8-2-1-3-9(16)6-8/h1-7H/b11-7+. The predicted octanol–water partition coefficient (Wildman–Crippen LogP) is 4.04. The first-order valence-corrected chi connectivity index (χ1v) is 6.83. The number of carbonyl (C=O) groups is 1. The lowest BCUT2D eigenvalue weighted by atomic mass is 10.2. The molecule has 1 aliphatic heterocycles. The van der Waals surface area contributed by atoms with E-state index in [1.54, 1.807) is 36.4 Å². The molecular formula is C14H7BrClNO3. The van der Waals surface area contributed by atoms with Crippen molar-refractivity contribution >= 4 is 45.5 Å². The zero-order valence-electron chi connectivity index (χ0n) is 9.97. The van der Waals surface area contributed by atoms with Crippen molar-refractivity contribution in [3.8, 4) is 0 Å². The van der Waals surface area contributed by atoms with Crippen LogP contribution in [0, 0.1) is 0 Å². The highest BCUT2D eigenvalue weighted by atomic mass is 79.9. The lowest BCUT2D eigenvalue weighted by Crippen LogP contribution is -2.05. The Balaban J connectivity index is 1.94. The van der Waals surface area contributed by atoms with Crippen molar-refractivity contribution in [3.05, 3.63) is 63.1 Å². The molecule has 0 spiro atoms. The van der Waals surface area contributed by atoms with E-state index in [0.717, 1.165) is 0 Å². The van der Waals surface area contributed by atoms with Gasteiger partial charge in [0.15, 0.2) is 10.4 Å². The summed E-state index contributed by atoms with van der Waals surface area (Å²) in [5, 5.41) is 0.550. The SMILES string of the molecule is O=C1OC(c2cccc(Cl)c2)=N/C1=C/c1ccc(Br)o1. The lowest BCUT2D eigenvalue weighted by molar-refractivity contribution is -0.129. The fourth-order valence-electron chi connectivity index (χ4n) is 1.69. The molecule has 0 amide bonds. The van der Waals surface area contributed by atoms with E-state index in [4.69, 9.17) is 20.8 Å². The molecule has 1 aromatic heterocycles. The molecule has 2 heterocycles. The van der Waals surface area contributed by atoms with Gasteiger partial charge in [0, 0.05) is 16.7 Å². The van der Waals surface area contributed by atoms with Crippen molar-refractivity contribution < 1.29 is 13.9 Å². The van der Waals surface area contributed by atoms with Gasteiger partial charge in [0.1, 0.15) is 5.76 Å². The van der Waals surface area contributed by atoms with E-state index in [1.165, 1.54) is 6.08 Å². The van der Waals surface area contributed by atoms with Gasteiger partial charge in [0.05, 0.1) is 0 Å². The third-order valence-electron chi connectivity index (χ3n) is 2.57. The Labute approximate surface area is 127 Å². The van der Waals surface area contributed by atoms with Crippen molar-refractivity contribution in [2.24, 2.45) is 4.99 Å². The minimum absolute atomic E-state index is 0.182. The van der Waals surface area contributed by atoms with E-state index in [1.807, 2.05) is 0 Å². The molecule has 0 aliphatic carbocycles. The Kier molecular flexibility index (Phi) is 3.46. The van der Waals surface area contributed by atoms with Gasteiger partial charge in [-0.3, -0.25) is 0 Å². The van der Waals surface area contributed by atoms with Crippen LogP contribution in [0.5, 0.6) is 0 Å². The zero-order chi connectivity index (χ0) is 14.1. The molecule has 1 aromatic carbocycles. The summed E-state index contributed by atoms with van der Waals surface area (Å²) in [6.07, 6.45) is 1.52. The van der Waals surface area contributed by atoms with E-state index in [9.17, 15) is 4.79 Å². The van der Waals surface area contributed by atoms with Gasteiger partial charge in [0.2, 0.25) is 5.90 Å². The summed E-state index contributed by atoms with van der Waals surface area (Å²) >= 11 is 9.09. The molecule has 0 bridgehead atoms. The van der Waals surface area contributed by atoms with Crippen LogP contribution in [0.25, 0.3) is 6.08 Å². The minimum Gasteiger partial charge on any atom is -0.450 e. The minimum atomic E-state index is -0.521. The highest BCUT2D eigenvalue weighted by Gasteiger charge is 2.24. The van der Waals surface area contributed by atoms with Crippen molar-refractivity contribution in [1.82, 2.24) is 0 Å². The van der Waals surface area contributed by atoms with Crippen molar-refractivity contribution in [2.45, 2.75) is 0 Å². The molecule has 0 radical (unpaired) electrons. The molecule has 2 aromatic rings. The average molecular weight is 353 g/mol. The molecular weight excluding hydrogens is 346 g/mol. The second-order valence-electron chi connectivity index (χ2n) is 3.99. The maximum Gasteiger partial charge on any atom is 0.363 e. The molecule has 0 saturated heterocycles. The monoisotopic (exact) mass is 351 g/mol. The smallest absolute Gasteiger partial charge is 0.363 e. The number of rotatable bonds is 2. The van der Waals surface area contributed by atoms with Gasteiger partial charge in [-0.25, -0.2) is 9.79 Å². The number of carbonyl (C=O) groups excluding carboxylic acids is 1. The van der Waals surface area contributed by atoms with Crippen molar-refractivity contribution in [3.63, 3.8) is 0 Å². The van der Waals surface area contributed by atoms with Crippen LogP contribution in [0.2, 0.25) is 5.02 Å². The van der Waals surface area contributed by atoms with Crippen LogP contribution in [-0.4, -0.2) is 11.9 Å². The normalized spacial score (nSPS) is 16.4. The fraction of sp³-hybridized carbons (Fsp3) is 0. The number of nitrogens with zero attached hydrogens (tertiary/aromatic N) is 1. The predicted molar refractivity (Wildman–Crippen MR) is 78.5 cm³/mol. The topological polar surface area (TPSA) is 51.8 Å². The Morgan fingerprint density at radius 1 is 1.25 bits per heavy atom. The van der Waals surface area contributed by atoms with Gasteiger partial charge in [-0.05, 0) is 46.3 Å². The second kappa shape index (κ2) is 5.26. The molecule has 20 heavy (non-hydrogen) atoms. The highest BCUT2D eigenvalue weighted by Crippen LogP contribution is 2.22. The summed E-state index contributed by atoms with van der Waals surface area (Å²) in [5.41, 5.74) is 0.830. The molecule has 0 unspecified atom stereocenters. The Bertz CT molecular complexity index is 748. The van der Waals surface area contributed by atoms with E-state index < -0.39 is 5.97 Å². The third-order valence-corrected chi connectivity index (χ3v) is 3.23. The second-order valence-corrected chi connectivity index (χ2v) is 5.21. The number of esters is 1. The van der Waals surface area contributed by atoms with E-state index in [-0.39, 0.29) is 11.6 Å². The highest BCUT2D eigenvalue weighted by molar-refractivity contribution is 9.10. The van der Waals surface area contributed by atoms with Crippen LogP contribution in [0.15, 0.2) is 56.2 Å². The summed E-state index contributed by atoms with van der Waals surface area (Å²) in [4.78, 5) is 15.9. The number of aliphatic imine (C=N–C) groups is 1. The Morgan fingerprint density at radius 2 is 2.10 bits per heavy atom. The fourth-order valence-corrected chi connectivity index (χ4v) is 2.20. The van der Waals surface area contributed by atoms with Crippen LogP contribution >= 0.6 is 27.5 Å². The van der Waals surface area contributed by atoms with Crippen LogP contribution in [0.4, 0.5) is 0 Å². The number of cyclic esters (lactones) is 1. The quantitative estimate of drug-likeness (QED) is 0.605. The van der Waals surface area contributed by atoms with Gasteiger partial charge < -0.3 is 9.15 Å². The van der Waals surface area contributed by atoms with Crippen LogP contribution in [0.1, 0.15) is 11.3 Å².